The molecule has 1 amide bonds. The number of hydrogen-bond donors (Lipinski definition) is 1. The molecule has 1 N–H and O–H groups in total. The molecule has 2 aromatic rings. The maximum absolute atomic E-state index is 12.2. The van der Waals surface area contributed by atoms with Crippen molar-refractivity contribution >= 4 is 34.2 Å². The number of amides is 1. The molecule has 0 aromatic heterocycles. The molecule has 0 bridgehead atoms. The first-order chi connectivity index (χ1) is 10.5. The molecular formula is C18H20INO2. The van der Waals surface area contributed by atoms with Gasteiger partial charge in [0.1, 0.15) is 5.75 Å². The van der Waals surface area contributed by atoms with Crippen molar-refractivity contribution in [2.75, 3.05) is 11.9 Å². The van der Waals surface area contributed by atoms with Gasteiger partial charge in [0, 0.05) is 14.8 Å². The largest absolute Gasteiger partial charge is 0.494 e. The Morgan fingerprint density at radius 3 is 2.32 bits per heavy atom. The number of carbonyl (C=O) groups excluding carboxylic acids is 1. The molecule has 2 aromatic carbocycles. The summed E-state index contributed by atoms with van der Waals surface area (Å²) in [5.41, 5.74) is 1.41. The second-order valence-electron chi connectivity index (χ2n) is 5.52. The Morgan fingerprint density at radius 2 is 1.73 bits per heavy atom. The van der Waals surface area contributed by atoms with E-state index in [0.29, 0.717) is 18.1 Å². The fourth-order valence-corrected chi connectivity index (χ4v) is 2.21. The van der Waals surface area contributed by atoms with Crippen LogP contribution < -0.4 is 10.1 Å². The number of ether oxygens (including phenoxy) is 1. The molecule has 0 aliphatic rings. The van der Waals surface area contributed by atoms with Gasteiger partial charge in [-0.2, -0.15) is 0 Å². The zero-order valence-electron chi connectivity index (χ0n) is 12.8. The number of hydrogen-bond acceptors (Lipinski definition) is 2. The summed E-state index contributed by atoms with van der Waals surface area (Å²) in [5.74, 6) is 1.31. The van der Waals surface area contributed by atoms with Crippen LogP contribution in [0.25, 0.3) is 0 Å². The van der Waals surface area contributed by atoms with Crippen LogP contribution in [-0.4, -0.2) is 12.5 Å². The van der Waals surface area contributed by atoms with Gasteiger partial charge in [0.25, 0.3) is 5.91 Å². The zero-order valence-corrected chi connectivity index (χ0v) is 15.0. The summed E-state index contributed by atoms with van der Waals surface area (Å²) < 4.78 is 6.79. The van der Waals surface area contributed by atoms with Gasteiger partial charge in [0.2, 0.25) is 0 Å². The van der Waals surface area contributed by atoms with E-state index in [1.807, 2.05) is 36.4 Å². The molecular weight excluding hydrogens is 389 g/mol. The lowest BCUT2D eigenvalue weighted by molar-refractivity contribution is 0.102. The topological polar surface area (TPSA) is 38.3 Å². The van der Waals surface area contributed by atoms with Crippen LogP contribution in [0.2, 0.25) is 0 Å². The molecule has 0 radical (unpaired) electrons. The Kier molecular flexibility index (Phi) is 6.24. The third-order valence-corrected chi connectivity index (χ3v) is 3.90. The van der Waals surface area contributed by atoms with Crippen LogP contribution in [0.1, 0.15) is 30.6 Å². The molecule has 22 heavy (non-hydrogen) atoms. The minimum atomic E-state index is -0.116. The summed E-state index contributed by atoms with van der Waals surface area (Å²) in [4.78, 5) is 12.2. The molecule has 0 aliphatic carbocycles. The van der Waals surface area contributed by atoms with Crippen molar-refractivity contribution in [2.45, 2.75) is 20.3 Å². The molecule has 0 aliphatic heterocycles. The van der Waals surface area contributed by atoms with Crippen molar-refractivity contribution in [1.82, 2.24) is 0 Å². The molecule has 2 rings (SSSR count). The van der Waals surface area contributed by atoms with Crippen LogP contribution >= 0.6 is 22.6 Å². The molecule has 0 spiro atoms. The van der Waals surface area contributed by atoms with Crippen molar-refractivity contribution in [1.29, 1.82) is 0 Å². The fraction of sp³-hybridized carbons (Fsp3) is 0.278. The van der Waals surface area contributed by atoms with Crippen molar-refractivity contribution in [2.24, 2.45) is 5.92 Å². The second kappa shape index (κ2) is 8.17. The number of anilines is 1. The summed E-state index contributed by atoms with van der Waals surface area (Å²) in [6.45, 7) is 5.04. The van der Waals surface area contributed by atoms with Crippen molar-refractivity contribution < 1.29 is 9.53 Å². The molecule has 3 nitrogen and oxygen atoms in total. The smallest absolute Gasteiger partial charge is 0.255 e. The molecule has 0 unspecified atom stereocenters. The SMILES string of the molecule is CC(C)CCOc1ccc(C(=O)Nc2ccc(I)cc2)cc1. The summed E-state index contributed by atoms with van der Waals surface area (Å²) >= 11 is 2.23. The maximum atomic E-state index is 12.2. The van der Waals surface area contributed by atoms with Gasteiger partial charge in [0.05, 0.1) is 6.61 Å². The molecule has 0 heterocycles. The summed E-state index contributed by atoms with van der Waals surface area (Å²) in [6.07, 6.45) is 1.02. The van der Waals surface area contributed by atoms with E-state index in [9.17, 15) is 4.79 Å². The quantitative estimate of drug-likeness (QED) is 0.685. The lowest BCUT2D eigenvalue weighted by atomic mass is 10.1. The second-order valence-corrected chi connectivity index (χ2v) is 6.76. The van der Waals surface area contributed by atoms with E-state index in [-0.39, 0.29) is 5.91 Å². The first-order valence-corrected chi connectivity index (χ1v) is 8.42. The van der Waals surface area contributed by atoms with Crippen LogP contribution in [0, 0.1) is 9.49 Å². The normalized spacial score (nSPS) is 10.5. The first kappa shape index (κ1) is 16.8. The average molecular weight is 409 g/mol. The third-order valence-electron chi connectivity index (χ3n) is 3.18. The Labute approximate surface area is 145 Å². The van der Waals surface area contributed by atoms with Crippen LogP contribution in [-0.2, 0) is 0 Å². The van der Waals surface area contributed by atoms with Gasteiger partial charge >= 0.3 is 0 Å². The van der Waals surface area contributed by atoms with E-state index < -0.39 is 0 Å². The minimum absolute atomic E-state index is 0.116. The summed E-state index contributed by atoms with van der Waals surface area (Å²) in [6, 6.07) is 14.9. The Bertz CT molecular complexity index is 606. The van der Waals surface area contributed by atoms with Gasteiger partial charge < -0.3 is 10.1 Å². The van der Waals surface area contributed by atoms with Crippen LogP contribution in [0.15, 0.2) is 48.5 Å². The molecule has 116 valence electrons. The van der Waals surface area contributed by atoms with E-state index in [0.717, 1.165) is 21.4 Å². The number of nitrogens with one attached hydrogen (secondary N) is 1. The van der Waals surface area contributed by atoms with Crippen molar-refractivity contribution in [3.05, 3.63) is 57.7 Å². The third kappa shape index (κ3) is 5.33. The number of halogens is 1. The van der Waals surface area contributed by atoms with Gasteiger partial charge in [-0.15, -0.1) is 0 Å². The van der Waals surface area contributed by atoms with E-state index in [1.54, 1.807) is 12.1 Å². The predicted molar refractivity (Wildman–Crippen MR) is 98.5 cm³/mol. The highest BCUT2D eigenvalue weighted by molar-refractivity contribution is 14.1. The number of rotatable bonds is 6. The highest BCUT2D eigenvalue weighted by Crippen LogP contribution is 2.16. The summed E-state index contributed by atoms with van der Waals surface area (Å²) in [7, 11) is 0. The van der Waals surface area contributed by atoms with Crippen molar-refractivity contribution in [3.63, 3.8) is 0 Å². The van der Waals surface area contributed by atoms with E-state index in [4.69, 9.17) is 4.74 Å². The monoisotopic (exact) mass is 409 g/mol. The van der Waals surface area contributed by atoms with E-state index in [1.165, 1.54) is 0 Å². The molecule has 0 atom stereocenters. The van der Waals surface area contributed by atoms with E-state index >= 15 is 0 Å². The standard InChI is InChI=1S/C18H20INO2/c1-13(2)11-12-22-17-9-3-14(4-10-17)18(21)20-16-7-5-15(19)6-8-16/h3-10,13H,11-12H2,1-2H3,(H,20,21). The molecule has 0 fully saturated rings. The molecule has 4 heteroatoms. The maximum Gasteiger partial charge on any atom is 0.255 e. The lowest BCUT2D eigenvalue weighted by Crippen LogP contribution is -2.11. The number of benzene rings is 2. The van der Waals surface area contributed by atoms with Crippen LogP contribution in [0.3, 0.4) is 0 Å². The van der Waals surface area contributed by atoms with Gasteiger partial charge in [-0.1, -0.05) is 13.8 Å². The highest BCUT2D eigenvalue weighted by atomic mass is 127. The van der Waals surface area contributed by atoms with Gasteiger partial charge in [-0.3, -0.25) is 4.79 Å². The Balaban J connectivity index is 1.91. The number of carbonyl (C=O) groups is 1. The minimum Gasteiger partial charge on any atom is -0.494 e. The average Bonchev–Trinajstić information content (AvgIpc) is 2.50. The van der Waals surface area contributed by atoms with Crippen LogP contribution in [0.4, 0.5) is 5.69 Å². The fourth-order valence-electron chi connectivity index (χ4n) is 1.85. The van der Waals surface area contributed by atoms with E-state index in [2.05, 4.69) is 41.8 Å². The highest BCUT2D eigenvalue weighted by Gasteiger charge is 2.06. The van der Waals surface area contributed by atoms with Crippen LogP contribution in [0.5, 0.6) is 5.75 Å². The Hall–Kier alpha value is -1.56. The lowest BCUT2D eigenvalue weighted by Gasteiger charge is -2.09. The predicted octanol–water partition coefficient (Wildman–Crippen LogP) is 4.97. The zero-order chi connectivity index (χ0) is 15.9. The van der Waals surface area contributed by atoms with Gasteiger partial charge in [-0.25, -0.2) is 0 Å². The Morgan fingerprint density at radius 1 is 1.09 bits per heavy atom. The molecule has 0 saturated heterocycles. The first-order valence-electron chi connectivity index (χ1n) is 7.34. The summed E-state index contributed by atoms with van der Waals surface area (Å²) in [5, 5.41) is 2.88. The van der Waals surface area contributed by atoms with Gasteiger partial charge in [-0.05, 0) is 83.5 Å². The van der Waals surface area contributed by atoms with Gasteiger partial charge in [0.15, 0.2) is 0 Å². The van der Waals surface area contributed by atoms with Crippen molar-refractivity contribution in [3.8, 4) is 5.75 Å². The molecule has 0 saturated carbocycles.